The molecule has 1 heteroatoms. The number of allylic oxidation sites excluding steroid dienone is 1. The second-order valence-electron chi connectivity index (χ2n) is 5.86. The van der Waals surface area contributed by atoms with Crippen LogP contribution in [-0.4, -0.2) is 5.78 Å². The van der Waals surface area contributed by atoms with Crippen molar-refractivity contribution in [2.75, 3.05) is 0 Å². The first kappa shape index (κ1) is 15.3. The van der Waals surface area contributed by atoms with E-state index >= 15 is 0 Å². The molecule has 0 N–H and O–H groups in total. The summed E-state index contributed by atoms with van der Waals surface area (Å²) in [6.07, 6.45) is 7.33. The van der Waals surface area contributed by atoms with E-state index < -0.39 is 0 Å². The maximum absolute atomic E-state index is 11.9. The highest BCUT2D eigenvalue weighted by Gasteiger charge is 2.08. The van der Waals surface area contributed by atoms with Crippen LogP contribution in [0.25, 0.3) is 6.08 Å². The van der Waals surface area contributed by atoms with E-state index in [1.54, 1.807) is 0 Å². The van der Waals surface area contributed by atoms with Crippen molar-refractivity contribution in [3.8, 4) is 11.8 Å². The van der Waals surface area contributed by atoms with Crippen LogP contribution in [0.5, 0.6) is 0 Å². The van der Waals surface area contributed by atoms with Crippen LogP contribution >= 0.6 is 0 Å². The lowest BCUT2D eigenvalue weighted by Crippen LogP contribution is -2.03. The molecule has 0 aromatic heterocycles. The minimum Gasteiger partial charge on any atom is -0.299 e. The molecular weight excluding hydrogens is 280 g/mol. The number of benzene rings is 2. The Morgan fingerprint density at radius 3 is 2.70 bits per heavy atom. The van der Waals surface area contributed by atoms with Crippen LogP contribution in [-0.2, 0) is 17.6 Å². The molecule has 1 aliphatic rings. The monoisotopic (exact) mass is 300 g/mol. The van der Waals surface area contributed by atoms with Crippen LogP contribution in [0.3, 0.4) is 0 Å². The zero-order chi connectivity index (χ0) is 16.1. The highest BCUT2D eigenvalue weighted by molar-refractivity contribution is 5.81. The van der Waals surface area contributed by atoms with Gasteiger partial charge in [-0.05, 0) is 41.7 Å². The van der Waals surface area contributed by atoms with Crippen molar-refractivity contribution in [3.63, 3.8) is 0 Å². The van der Waals surface area contributed by atoms with Gasteiger partial charge >= 0.3 is 0 Å². The predicted octanol–water partition coefficient (Wildman–Crippen LogP) is 4.57. The van der Waals surface area contributed by atoms with Gasteiger partial charge in [0.05, 0.1) is 0 Å². The smallest absolute Gasteiger partial charge is 0.137 e. The van der Waals surface area contributed by atoms with E-state index in [2.05, 4.69) is 42.2 Å². The number of carbonyl (C=O) groups excluding carboxylic acids is 1. The zero-order valence-corrected chi connectivity index (χ0v) is 13.4. The van der Waals surface area contributed by atoms with Crippen molar-refractivity contribution in [3.05, 3.63) is 76.4 Å². The summed E-state index contributed by atoms with van der Waals surface area (Å²) >= 11 is 0. The van der Waals surface area contributed by atoms with Crippen molar-refractivity contribution >= 4 is 11.9 Å². The van der Waals surface area contributed by atoms with E-state index in [9.17, 15) is 4.79 Å². The largest absolute Gasteiger partial charge is 0.299 e. The molecule has 0 atom stereocenters. The first-order valence-corrected chi connectivity index (χ1v) is 8.18. The third kappa shape index (κ3) is 3.60. The zero-order valence-electron chi connectivity index (χ0n) is 13.4. The Bertz CT molecular complexity index is 815. The molecule has 0 aliphatic heterocycles. The van der Waals surface area contributed by atoms with Crippen LogP contribution in [0.15, 0.2) is 48.5 Å². The molecule has 0 radical (unpaired) electrons. The van der Waals surface area contributed by atoms with Crippen molar-refractivity contribution < 1.29 is 4.79 Å². The van der Waals surface area contributed by atoms with Gasteiger partial charge in [-0.2, -0.15) is 0 Å². The fourth-order valence-corrected chi connectivity index (χ4v) is 2.91. The Morgan fingerprint density at radius 2 is 1.83 bits per heavy atom. The van der Waals surface area contributed by atoms with E-state index in [-0.39, 0.29) is 5.78 Å². The topological polar surface area (TPSA) is 17.1 Å². The molecule has 0 fully saturated rings. The van der Waals surface area contributed by atoms with Crippen molar-refractivity contribution in [1.29, 1.82) is 0 Å². The molecule has 0 amide bonds. The van der Waals surface area contributed by atoms with Gasteiger partial charge in [-0.15, -0.1) is 0 Å². The Hall–Kier alpha value is -2.59. The second kappa shape index (κ2) is 7.11. The molecule has 2 aromatic rings. The number of carbonyl (C=O) groups is 1. The average Bonchev–Trinajstić information content (AvgIpc) is 3.03. The molecule has 0 saturated heterocycles. The lowest BCUT2D eigenvalue weighted by atomic mass is 9.99. The van der Waals surface area contributed by atoms with Gasteiger partial charge in [0.25, 0.3) is 0 Å². The normalized spacial score (nSPS) is 11.7. The van der Waals surface area contributed by atoms with E-state index in [0.717, 1.165) is 29.5 Å². The molecular formula is C22H20O. The molecule has 3 rings (SSSR count). The quantitative estimate of drug-likeness (QED) is 0.756. The third-order valence-corrected chi connectivity index (χ3v) is 4.08. The summed E-state index contributed by atoms with van der Waals surface area (Å²) in [6.45, 7) is 2.03. The molecule has 0 bridgehead atoms. The van der Waals surface area contributed by atoms with Crippen molar-refractivity contribution in [2.45, 2.75) is 32.6 Å². The third-order valence-electron chi connectivity index (χ3n) is 4.08. The van der Waals surface area contributed by atoms with E-state index in [1.165, 1.54) is 11.1 Å². The van der Waals surface area contributed by atoms with Gasteiger partial charge in [0.15, 0.2) is 0 Å². The average molecular weight is 300 g/mol. The molecule has 0 heterocycles. The lowest BCUT2D eigenvalue weighted by Gasteiger charge is -2.04. The highest BCUT2D eigenvalue weighted by Crippen LogP contribution is 2.22. The van der Waals surface area contributed by atoms with E-state index in [4.69, 9.17) is 0 Å². The van der Waals surface area contributed by atoms with Gasteiger partial charge in [-0.25, -0.2) is 0 Å². The summed E-state index contributed by atoms with van der Waals surface area (Å²) in [5.74, 6) is 6.85. The first-order chi connectivity index (χ1) is 11.3. The molecule has 23 heavy (non-hydrogen) atoms. The number of Topliss-reactive ketones (excluding diaryl/α,β-unsaturated/α-hetero) is 1. The Balaban J connectivity index is 1.89. The maximum atomic E-state index is 11.9. The Kier molecular flexibility index (Phi) is 4.74. The SMILES string of the molecule is CCCC(=O)Cc1ccccc1C#Cc1cccc2c1C=CC2. The van der Waals surface area contributed by atoms with Gasteiger partial charge in [-0.1, -0.05) is 61.2 Å². The van der Waals surface area contributed by atoms with Gasteiger partial charge in [0.2, 0.25) is 0 Å². The summed E-state index contributed by atoms with van der Waals surface area (Å²) in [5, 5.41) is 0. The predicted molar refractivity (Wildman–Crippen MR) is 95.2 cm³/mol. The Labute approximate surface area is 138 Å². The molecule has 114 valence electrons. The fourth-order valence-electron chi connectivity index (χ4n) is 2.91. The van der Waals surface area contributed by atoms with Crippen LogP contribution in [0.2, 0.25) is 0 Å². The van der Waals surface area contributed by atoms with Gasteiger partial charge in [0.1, 0.15) is 5.78 Å². The van der Waals surface area contributed by atoms with E-state index in [1.807, 2.05) is 31.2 Å². The maximum Gasteiger partial charge on any atom is 0.137 e. The summed E-state index contributed by atoms with van der Waals surface area (Å²) < 4.78 is 0. The molecule has 1 aliphatic carbocycles. The van der Waals surface area contributed by atoms with Gasteiger partial charge < -0.3 is 0 Å². The van der Waals surface area contributed by atoms with Crippen LogP contribution in [0, 0.1) is 11.8 Å². The standard InChI is InChI=1S/C22H20O/c1-2-7-21(23)16-20-9-4-3-8-17(20)14-15-19-11-5-10-18-12-6-13-22(18)19/h3-6,8-11,13H,2,7,12,16H2,1H3. The first-order valence-electron chi connectivity index (χ1n) is 8.18. The summed E-state index contributed by atoms with van der Waals surface area (Å²) in [6, 6.07) is 14.2. The molecule has 0 unspecified atom stereocenters. The van der Waals surface area contributed by atoms with Gasteiger partial charge in [0, 0.05) is 24.0 Å². The van der Waals surface area contributed by atoms with Crippen molar-refractivity contribution in [1.82, 2.24) is 0 Å². The molecule has 0 saturated carbocycles. The Morgan fingerprint density at radius 1 is 1.04 bits per heavy atom. The van der Waals surface area contributed by atoms with Gasteiger partial charge in [-0.3, -0.25) is 4.79 Å². The van der Waals surface area contributed by atoms with Crippen LogP contribution in [0.4, 0.5) is 0 Å². The molecule has 2 aromatic carbocycles. The minimum absolute atomic E-state index is 0.283. The second-order valence-corrected chi connectivity index (χ2v) is 5.86. The lowest BCUT2D eigenvalue weighted by molar-refractivity contribution is -0.118. The summed E-state index contributed by atoms with van der Waals surface area (Å²) in [7, 11) is 0. The summed E-state index contributed by atoms with van der Waals surface area (Å²) in [5.41, 5.74) is 5.62. The fraction of sp³-hybridized carbons (Fsp3) is 0.227. The number of fused-ring (bicyclic) bond motifs is 1. The number of hydrogen-bond donors (Lipinski definition) is 0. The minimum atomic E-state index is 0.283. The van der Waals surface area contributed by atoms with E-state index in [0.29, 0.717) is 12.8 Å². The van der Waals surface area contributed by atoms with Crippen LogP contribution < -0.4 is 0 Å². The summed E-state index contributed by atoms with van der Waals surface area (Å²) in [4.78, 5) is 11.9. The van der Waals surface area contributed by atoms with Crippen molar-refractivity contribution in [2.24, 2.45) is 0 Å². The molecule has 0 spiro atoms. The number of ketones is 1. The molecule has 1 nitrogen and oxygen atoms in total. The number of hydrogen-bond acceptors (Lipinski definition) is 1. The highest BCUT2D eigenvalue weighted by atomic mass is 16.1. The van der Waals surface area contributed by atoms with Crippen LogP contribution in [0.1, 0.15) is 47.6 Å². The number of rotatable bonds is 4.